The van der Waals surface area contributed by atoms with Gasteiger partial charge in [0.15, 0.2) is 11.8 Å². The number of aliphatic imine (C=N–C) groups is 1. The molecule has 1 unspecified atom stereocenters. The molecule has 2 N–H and O–H groups in total. The van der Waals surface area contributed by atoms with Crippen LogP contribution in [0.2, 0.25) is 0 Å². The molecule has 8 nitrogen and oxygen atoms in total. The average molecular weight is 415 g/mol. The van der Waals surface area contributed by atoms with Crippen LogP contribution < -0.4 is 15.4 Å². The predicted octanol–water partition coefficient (Wildman–Crippen LogP) is 2.33. The Bertz CT molecular complexity index is 820. The monoisotopic (exact) mass is 414 g/mol. The van der Waals surface area contributed by atoms with Gasteiger partial charge in [-0.1, -0.05) is 19.1 Å². The van der Waals surface area contributed by atoms with Crippen LogP contribution in [0.1, 0.15) is 43.9 Å². The second-order valence-electron chi connectivity index (χ2n) is 7.45. The first-order valence-electron chi connectivity index (χ1n) is 10.9. The summed E-state index contributed by atoms with van der Waals surface area (Å²) in [5, 5.41) is 11.5. The van der Waals surface area contributed by atoms with Crippen LogP contribution in [-0.2, 0) is 30.7 Å². The van der Waals surface area contributed by atoms with Crippen molar-refractivity contribution in [1.29, 1.82) is 0 Å². The number of nitrogens with zero attached hydrogens (tertiary/aromatic N) is 4. The van der Waals surface area contributed by atoms with Gasteiger partial charge in [-0.3, -0.25) is 4.99 Å². The number of rotatable bonds is 10. The Hall–Kier alpha value is -2.61. The summed E-state index contributed by atoms with van der Waals surface area (Å²) in [5.41, 5.74) is 1.23. The van der Waals surface area contributed by atoms with E-state index in [-0.39, 0.29) is 6.04 Å². The molecule has 1 aromatic carbocycles. The van der Waals surface area contributed by atoms with Crippen molar-refractivity contribution >= 4 is 5.96 Å². The zero-order chi connectivity index (χ0) is 21.2. The number of aromatic nitrogens is 3. The number of benzene rings is 1. The topological polar surface area (TPSA) is 85.6 Å². The van der Waals surface area contributed by atoms with Crippen molar-refractivity contribution in [2.75, 3.05) is 26.8 Å². The maximum absolute atomic E-state index is 5.73. The third kappa shape index (κ3) is 6.45. The van der Waals surface area contributed by atoms with Crippen molar-refractivity contribution in [3.8, 4) is 5.75 Å². The minimum atomic E-state index is 0.276. The van der Waals surface area contributed by atoms with E-state index in [4.69, 9.17) is 14.5 Å². The Morgan fingerprint density at radius 3 is 3.03 bits per heavy atom. The third-order valence-electron chi connectivity index (χ3n) is 4.90. The first-order valence-corrected chi connectivity index (χ1v) is 10.9. The van der Waals surface area contributed by atoms with Crippen molar-refractivity contribution in [2.45, 2.75) is 58.7 Å². The standard InChI is InChI=1S/C22H34N6O2/c1-4-13-30-19-8-6-7-17(14-19)11-12-24-22(23-5-2)25-18-9-10-21-26-20(16-29-3)27-28(21)15-18/h6-8,14,18H,4-5,9-13,15-16H2,1-3H3,(H2,23,24,25). The molecular formula is C22H34N6O2. The second-order valence-corrected chi connectivity index (χ2v) is 7.45. The van der Waals surface area contributed by atoms with Crippen molar-refractivity contribution in [1.82, 2.24) is 25.4 Å². The Balaban J connectivity index is 1.54. The number of nitrogens with one attached hydrogen (secondary N) is 2. The van der Waals surface area contributed by atoms with Crippen molar-refractivity contribution in [2.24, 2.45) is 4.99 Å². The van der Waals surface area contributed by atoms with Crippen molar-refractivity contribution < 1.29 is 9.47 Å². The SMILES string of the molecule is CCCOc1cccc(CCN=C(NCC)NC2CCc3nc(COC)nn3C2)c1. The first kappa shape index (κ1) is 22.1. The number of fused-ring (bicyclic) bond motifs is 1. The first-order chi connectivity index (χ1) is 14.7. The molecule has 1 aliphatic rings. The molecule has 0 radical (unpaired) electrons. The Morgan fingerprint density at radius 1 is 1.33 bits per heavy atom. The van der Waals surface area contributed by atoms with E-state index in [9.17, 15) is 0 Å². The van der Waals surface area contributed by atoms with Gasteiger partial charge in [-0.15, -0.1) is 0 Å². The fourth-order valence-electron chi connectivity index (χ4n) is 3.49. The summed E-state index contributed by atoms with van der Waals surface area (Å²) < 4.78 is 12.9. The summed E-state index contributed by atoms with van der Waals surface area (Å²) in [4.78, 5) is 9.32. The summed E-state index contributed by atoms with van der Waals surface area (Å²) >= 11 is 0. The van der Waals surface area contributed by atoms with E-state index in [0.29, 0.717) is 13.2 Å². The van der Waals surface area contributed by atoms with Gasteiger partial charge in [0.25, 0.3) is 0 Å². The Kier molecular flexibility index (Phi) is 8.50. The zero-order valence-electron chi connectivity index (χ0n) is 18.4. The molecule has 30 heavy (non-hydrogen) atoms. The van der Waals surface area contributed by atoms with Gasteiger partial charge in [-0.05, 0) is 43.9 Å². The maximum atomic E-state index is 5.73. The lowest BCUT2D eigenvalue weighted by Gasteiger charge is -2.25. The quantitative estimate of drug-likeness (QED) is 0.458. The number of guanidine groups is 1. The molecule has 2 heterocycles. The number of ether oxygens (including phenoxy) is 2. The lowest BCUT2D eigenvalue weighted by Crippen LogP contribution is -2.47. The highest BCUT2D eigenvalue weighted by Crippen LogP contribution is 2.15. The van der Waals surface area contributed by atoms with E-state index < -0.39 is 0 Å². The van der Waals surface area contributed by atoms with Crippen molar-refractivity contribution in [3.05, 3.63) is 41.5 Å². The molecular weight excluding hydrogens is 380 g/mol. The molecule has 1 aromatic heterocycles. The normalized spacial score (nSPS) is 16.2. The fraction of sp³-hybridized carbons (Fsp3) is 0.591. The molecule has 1 atom stereocenters. The van der Waals surface area contributed by atoms with Gasteiger partial charge in [0.05, 0.1) is 13.2 Å². The minimum Gasteiger partial charge on any atom is -0.494 e. The van der Waals surface area contributed by atoms with Crippen LogP contribution in [0.5, 0.6) is 5.75 Å². The summed E-state index contributed by atoms with van der Waals surface area (Å²) in [6, 6.07) is 8.56. The van der Waals surface area contributed by atoms with Gasteiger partial charge >= 0.3 is 0 Å². The molecule has 164 valence electrons. The van der Waals surface area contributed by atoms with E-state index in [1.807, 2.05) is 16.8 Å². The third-order valence-corrected chi connectivity index (χ3v) is 4.90. The summed E-state index contributed by atoms with van der Waals surface area (Å²) in [6.07, 6.45) is 3.79. The average Bonchev–Trinajstić information content (AvgIpc) is 3.14. The van der Waals surface area contributed by atoms with E-state index in [1.165, 1.54) is 5.56 Å². The highest BCUT2D eigenvalue weighted by molar-refractivity contribution is 5.80. The molecule has 0 saturated carbocycles. The van der Waals surface area contributed by atoms with Crippen LogP contribution in [0.15, 0.2) is 29.3 Å². The van der Waals surface area contributed by atoms with Crippen LogP contribution in [0, 0.1) is 0 Å². The molecule has 0 bridgehead atoms. The highest BCUT2D eigenvalue weighted by atomic mass is 16.5. The van der Waals surface area contributed by atoms with E-state index in [1.54, 1.807) is 7.11 Å². The molecule has 0 spiro atoms. The van der Waals surface area contributed by atoms with Gasteiger partial charge < -0.3 is 20.1 Å². The van der Waals surface area contributed by atoms with Crippen LogP contribution in [-0.4, -0.2) is 53.6 Å². The molecule has 2 aromatic rings. The lowest BCUT2D eigenvalue weighted by molar-refractivity contribution is 0.177. The number of aryl methyl sites for hydroxylation is 1. The van der Waals surface area contributed by atoms with Crippen LogP contribution in [0.3, 0.4) is 0 Å². The molecule has 8 heteroatoms. The molecule has 0 amide bonds. The van der Waals surface area contributed by atoms with Gasteiger partial charge in [0, 0.05) is 32.7 Å². The van der Waals surface area contributed by atoms with Crippen LogP contribution >= 0.6 is 0 Å². The fourth-order valence-corrected chi connectivity index (χ4v) is 3.49. The number of methoxy groups -OCH3 is 1. The predicted molar refractivity (Wildman–Crippen MR) is 118 cm³/mol. The summed E-state index contributed by atoms with van der Waals surface area (Å²) in [6.45, 7) is 7.72. The maximum Gasteiger partial charge on any atom is 0.191 e. The molecule has 1 aliphatic heterocycles. The molecule has 3 rings (SSSR count). The smallest absolute Gasteiger partial charge is 0.191 e. The zero-order valence-corrected chi connectivity index (χ0v) is 18.4. The number of hydrogen-bond donors (Lipinski definition) is 2. The highest BCUT2D eigenvalue weighted by Gasteiger charge is 2.22. The molecule has 0 aliphatic carbocycles. The van der Waals surface area contributed by atoms with E-state index >= 15 is 0 Å². The van der Waals surface area contributed by atoms with E-state index in [2.05, 4.69) is 46.7 Å². The van der Waals surface area contributed by atoms with E-state index in [0.717, 1.165) is 68.7 Å². The van der Waals surface area contributed by atoms with Gasteiger partial charge in [0.2, 0.25) is 0 Å². The molecule has 0 saturated heterocycles. The molecule has 0 fully saturated rings. The summed E-state index contributed by atoms with van der Waals surface area (Å²) in [5.74, 6) is 3.56. The van der Waals surface area contributed by atoms with Crippen LogP contribution in [0.25, 0.3) is 0 Å². The lowest BCUT2D eigenvalue weighted by atomic mass is 10.1. The largest absolute Gasteiger partial charge is 0.494 e. The van der Waals surface area contributed by atoms with Crippen LogP contribution in [0.4, 0.5) is 0 Å². The summed E-state index contributed by atoms with van der Waals surface area (Å²) in [7, 11) is 1.66. The Labute approximate surface area is 179 Å². The second kappa shape index (κ2) is 11.5. The Morgan fingerprint density at radius 2 is 2.23 bits per heavy atom. The van der Waals surface area contributed by atoms with Gasteiger partial charge in [-0.25, -0.2) is 9.67 Å². The van der Waals surface area contributed by atoms with Gasteiger partial charge in [-0.2, -0.15) is 5.10 Å². The minimum absolute atomic E-state index is 0.276. The van der Waals surface area contributed by atoms with Crippen molar-refractivity contribution in [3.63, 3.8) is 0 Å². The number of hydrogen-bond acceptors (Lipinski definition) is 5. The van der Waals surface area contributed by atoms with Gasteiger partial charge in [0.1, 0.15) is 18.2 Å².